The first kappa shape index (κ1) is 18.7. The standard InChI is InChI=1S/C20H23N3O4/c1-13(15-8-9-16-17(12-15)27-11-10-26-16)22-18(14-6-4-3-5-7-14)19(24)23-20(25)21-2/h3-9,12-13,18,22H,10-11H2,1-2H3,(H2,21,23,24,25)/t13-,18-/m1/s1. The van der Waals surface area contributed by atoms with Crippen LogP contribution in [0, 0.1) is 0 Å². The average molecular weight is 369 g/mol. The molecule has 2 atom stereocenters. The molecule has 0 radical (unpaired) electrons. The summed E-state index contributed by atoms with van der Waals surface area (Å²) >= 11 is 0. The number of hydrogen-bond acceptors (Lipinski definition) is 5. The van der Waals surface area contributed by atoms with Crippen LogP contribution < -0.4 is 25.4 Å². The average Bonchev–Trinajstić information content (AvgIpc) is 2.71. The maximum atomic E-state index is 12.6. The summed E-state index contributed by atoms with van der Waals surface area (Å²) in [5.74, 6) is 0.984. The van der Waals surface area contributed by atoms with Gasteiger partial charge in [-0.1, -0.05) is 36.4 Å². The zero-order chi connectivity index (χ0) is 19.2. The molecule has 3 amide bonds. The molecule has 0 saturated heterocycles. The van der Waals surface area contributed by atoms with E-state index in [4.69, 9.17) is 9.47 Å². The lowest BCUT2D eigenvalue weighted by Crippen LogP contribution is -2.44. The lowest BCUT2D eigenvalue weighted by molar-refractivity contribution is -0.122. The largest absolute Gasteiger partial charge is 0.486 e. The Labute approximate surface area is 158 Å². The highest BCUT2D eigenvalue weighted by Crippen LogP contribution is 2.33. The van der Waals surface area contributed by atoms with Crippen LogP contribution in [0.4, 0.5) is 4.79 Å². The molecular formula is C20H23N3O4. The Kier molecular flexibility index (Phi) is 5.93. The van der Waals surface area contributed by atoms with Gasteiger partial charge in [0, 0.05) is 13.1 Å². The van der Waals surface area contributed by atoms with Crippen LogP contribution in [0.2, 0.25) is 0 Å². The highest BCUT2D eigenvalue weighted by molar-refractivity contribution is 5.97. The number of ether oxygens (including phenoxy) is 2. The van der Waals surface area contributed by atoms with Gasteiger partial charge in [-0.3, -0.25) is 15.4 Å². The van der Waals surface area contributed by atoms with Crippen molar-refractivity contribution in [2.24, 2.45) is 0 Å². The van der Waals surface area contributed by atoms with Crippen molar-refractivity contribution in [3.8, 4) is 11.5 Å². The van der Waals surface area contributed by atoms with Crippen molar-refractivity contribution in [3.63, 3.8) is 0 Å². The quantitative estimate of drug-likeness (QED) is 0.753. The molecule has 0 spiro atoms. The maximum absolute atomic E-state index is 12.6. The van der Waals surface area contributed by atoms with Crippen LogP contribution in [0.1, 0.15) is 30.1 Å². The van der Waals surface area contributed by atoms with E-state index < -0.39 is 18.0 Å². The Hall–Kier alpha value is -3.06. The molecule has 0 aromatic heterocycles. The molecule has 7 heteroatoms. The molecular weight excluding hydrogens is 346 g/mol. The fourth-order valence-corrected chi connectivity index (χ4v) is 2.89. The molecule has 1 aliphatic rings. The third-order valence-corrected chi connectivity index (χ3v) is 4.34. The number of hydrogen-bond donors (Lipinski definition) is 3. The Bertz CT molecular complexity index is 810. The minimum atomic E-state index is -0.688. The number of urea groups is 1. The van der Waals surface area contributed by atoms with Gasteiger partial charge < -0.3 is 14.8 Å². The lowest BCUT2D eigenvalue weighted by atomic mass is 10.0. The number of fused-ring (bicyclic) bond motifs is 1. The van der Waals surface area contributed by atoms with Crippen LogP contribution in [-0.4, -0.2) is 32.2 Å². The summed E-state index contributed by atoms with van der Waals surface area (Å²) in [6.07, 6.45) is 0. The Morgan fingerprint density at radius 1 is 0.963 bits per heavy atom. The SMILES string of the molecule is CNC(=O)NC(=O)[C@H](N[C@H](C)c1ccc2c(c1)OCCO2)c1ccccc1. The topological polar surface area (TPSA) is 88.7 Å². The van der Waals surface area contributed by atoms with Crippen LogP contribution in [0.15, 0.2) is 48.5 Å². The van der Waals surface area contributed by atoms with Crippen molar-refractivity contribution in [1.29, 1.82) is 0 Å². The molecule has 0 bridgehead atoms. The van der Waals surface area contributed by atoms with Crippen molar-refractivity contribution in [1.82, 2.24) is 16.0 Å². The number of amides is 3. The van der Waals surface area contributed by atoms with Crippen molar-refractivity contribution in [2.75, 3.05) is 20.3 Å². The van der Waals surface area contributed by atoms with E-state index in [1.54, 1.807) is 0 Å². The summed E-state index contributed by atoms with van der Waals surface area (Å²) in [5, 5.41) is 8.03. The summed E-state index contributed by atoms with van der Waals surface area (Å²) in [7, 11) is 1.46. The first-order valence-electron chi connectivity index (χ1n) is 8.81. The van der Waals surface area contributed by atoms with Gasteiger partial charge in [0.25, 0.3) is 0 Å². The predicted molar refractivity (Wildman–Crippen MR) is 101 cm³/mol. The molecule has 27 heavy (non-hydrogen) atoms. The second-order valence-electron chi connectivity index (χ2n) is 6.20. The fraction of sp³-hybridized carbons (Fsp3) is 0.300. The van der Waals surface area contributed by atoms with Crippen molar-refractivity contribution in [3.05, 3.63) is 59.7 Å². The molecule has 142 valence electrons. The van der Waals surface area contributed by atoms with E-state index in [-0.39, 0.29) is 6.04 Å². The van der Waals surface area contributed by atoms with Gasteiger partial charge >= 0.3 is 6.03 Å². The molecule has 0 aliphatic carbocycles. The van der Waals surface area contributed by atoms with Gasteiger partial charge in [0.05, 0.1) is 0 Å². The van der Waals surface area contributed by atoms with Crippen molar-refractivity contribution in [2.45, 2.75) is 19.0 Å². The predicted octanol–water partition coefficient (Wildman–Crippen LogP) is 2.31. The highest BCUT2D eigenvalue weighted by Gasteiger charge is 2.25. The second-order valence-corrected chi connectivity index (χ2v) is 6.20. The van der Waals surface area contributed by atoms with E-state index in [1.807, 2.05) is 55.5 Å². The highest BCUT2D eigenvalue weighted by atomic mass is 16.6. The first-order valence-corrected chi connectivity index (χ1v) is 8.81. The van der Waals surface area contributed by atoms with Crippen molar-refractivity contribution < 1.29 is 19.1 Å². The normalized spacial score (nSPS) is 14.7. The van der Waals surface area contributed by atoms with E-state index in [1.165, 1.54) is 7.05 Å². The second kappa shape index (κ2) is 8.55. The van der Waals surface area contributed by atoms with Crippen LogP contribution in [0.3, 0.4) is 0 Å². The maximum Gasteiger partial charge on any atom is 0.321 e. The Balaban J connectivity index is 1.80. The summed E-state index contributed by atoms with van der Waals surface area (Å²) in [5.41, 5.74) is 1.72. The first-order chi connectivity index (χ1) is 13.1. The number of imide groups is 1. The van der Waals surface area contributed by atoms with Crippen LogP contribution in [-0.2, 0) is 4.79 Å². The number of benzene rings is 2. The summed E-state index contributed by atoms with van der Waals surface area (Å²) in [6, 6.07) is 13.6. The monoisotopic (exact) mass is 369 g/mol. The van der Waals surface area contributed by atoms with Gasteiger partial charge in [0.2, 0.25) is 5.91 Å². The minimum absolute atomic E-state index is 0.165. The summed E-state index contributed by atoms with van der Waals surface area (Å²) in [4.78, 5) is 24.2. The zero-order valence-electron chi connectivity index (χ0n) is 15.3. The van der Waals surface area contributed by atoms with E-state index >= 15 is 0 Å². The zero-order valence-corrected chi connectivity index (χ0v) is 15.3. The van der Waals surface area contributed by atoms with Crippen LogP contribution >= 0.6 is 0 Å². The molecule has 3 rings (SSSR count). The Morgan fingerprint density at radius 2 is 1.67 bits per heavy atom. The number of rotatable bonds is 5. The molecule has 7 nitrogen and oxygen atoms in total. The molecule has 3 N–H and O–H groups in total. The summed E-state index contributed by atoms with van der Waals surface area (Å²) < 4.78 is 11.2. The minimum Gasteiger partial charge on any atom is -0.486 e. The van der Waals surface area contributed by atoms with Gasteiger partial charge in [0.1, 0.15) is 19.3 Å². The smallest absolute Gasteiger partial charge is 0.321 e. The molecule has 0 unspecified atom stereocenters. The number of carbonyl (C=O) groups excluding carboxylic acids is 2. The molecule has 2 aromatic rings. The van der Waals surface area contributed by atoms with E-state index in [0.717, 1.165) is 11.1 Å². The van der Waals surface area contributed by atoms with Gasteiger partial charge in [-0.25, -0.2) is 4.79 Å². The van der Waals surface area contributed by atoms with Gasteiger partial charge in [-0.05, 0) is 30.2 Å². The molecule has 1 aliphatic heterocycles. The van der Waals surface area contributed by atoms with E-state index in [0.29, 0.717) is 24.7 Å². The van der Waals surface area contributed by atoms with Crippen LogP contribution in [0.5, 0.6) is 11.5 Å². The number of carbonyl (C=O) groups is 2. The van der Waals surface area contributed by atoms with Gasteiger partial charge in [-0.2, -0.15) is 0 Å². The van der Waals surface area contributed by atoms with Gasteiger partial charge in [0.15, 0.2) is 11.5 Å². The lowest BCUT2D eigenvalue weighted by Gasteiger charge is -2.25. The summed E-state index contributed by atoms with van der Waals surface area (Å²) in [6.45, 7) is 3.00. The molecule has 0 saturated carbocycles. The van der Waals surface area contributed by atoms with E-state index in [2.05, 4.69) is 16.0 Å². The van der Waals surface area contributed by atoms with Gasteiger partial charge in [-0.15, -0.1) is 0 Å². The molecule has 2 aromatic carbocycles. The molecule has 0 fully saturated rings. The van der Waals surface area contributed by atoms with E-state index in [9.17, 15) is 9.59 Å². The van der Waals surface area contributed by atoms with Crippen molar-refractivity contribution >= 4 is 11.9 Å². The fourth-order valence-electron chi connectivity index (χ4n) is 2.89. The molecule has 1 heterocycles. The third-order valence-electron chi connectivity index (χ3n) is 4.34. The Morgan fingerprint density at radius 3 is 2.37 bits per heavy atom. The third kappa shape index (κ3) is 4.57. The van der Waals surface area contributed by atoms with Crippen LogP contribution in [0.25, 0.3) is 0 Å². The number of nitrogens with one attached hydrogen (secondary N) is 3.